The van der Waals surface area contributed by atoms with Crippen molar-refractivity contribution in [2.75, 3.05) is 6.61 Å². The number of hydrogen-bond acceptors (Lipinski definition) is 6. The maximum Gasteiger partial charge on any atom is 0.159 e. The molecule has 2 fully saturated rings. The maximum absolute atomic E-state index is 13.2. The van der Waals surface area contributed by atoms with Crippen molar-refractivity contribution < 1.29 is 30.3 Å². The second-order valence-corrected chi connectivity index (χ2v) is 12.1. The van der Waals surface area contributed by atoms with Crippen molar-refractivity contribution in [3.63, 3.8) is 0 Å². The number of hydrogen-bond donors (Lipinski definition) is 5. The third-order valence-corrected chi connectivity index (χ3v) is 9.96. The summed E-state index contributed by atoms with van der Waals surface area (Å²) in [6, 6.07) is 0. The van der Waals surface area contributed by atoms with E-state index in [0.717, 1.165) is 30.4 Å². The van der Waals surface area contributed by atoms with Gasteiger partial charge in [0, 0.05) is 23.9 Å². The molecule has 6 heteroatoms. The van der Waals surface area contributed by atoms with Gasteiger partial charge in [0.05, 0.1) is 23.9 Å². The lowest BCUT2D eigenvalue weighted by atomic mass is 9.48. The molecule has 0 radical (unpaired) electrons. The molecule has 186 valence electrons. The molecule has 2 saturated carbocycles. The number of fused-ring (bicyclic) bond motifs is 5. The first kappa shape index (κ1) is 25.1. The predicted octanol–water partition coefficient (Wildman–Crippen LogP) is 2.52. The lowest BCUT2D eigenvalue weighted by Gasteiger charge is -2.56. The molecule has 5 N–H and O–H groups in total. The van der Waals surface area contributed by atoms with Crippen molar-refractivity contribution in [1.82, 2.24) is 0 Å². The van der Waals surface area contributed by atoms with Crippen molar-refractivity contribution in [2.24, 2.45) is 34.5 Å². The highest BCUT2D eigenvalue weighted by Gasteiger charge is 2.60. The van der Waals surface area contributed by atoms with Gasteiger partial charge in [0.2, 0.25) is 0 Å². The van der Waals surface area contributed by atoms with Gasteiger partial charge in [0.25, 0.3) is 0 Å². The minimum atomic E-state index is -1.29. The summed E-state index contributed by atoms with van der Waals surface area (Å²) in [6.45, 7) is 7.98. The highest BCUT2D eigenvalue weighted by Crippen LogP contribution is 2.65. The van der Waals surface area contributed by atoms with Crippen molar-refractivity contribution in [2.45, 2.75) is 96.6 Å². The Morgan fingerprint density at radius 1 is 1.15 bits per heavy atom. The van der Waals surface area contributed by atoms with Gasteiger partial charge in [0.1, 0.15) is 0 Å². The van der Waals surface area contributed by atoms with Crippen LogP contribution in [0.2, 0.25) is 0 Å². The van der Waals surface area contributed by atoms with E-state index in [0.29, 0.717) is 25.7 Å². The summed E-state index contributed by atoms with van der Waals surface area (Å²) in [5.74, 6) is -0.224. The Balaban J connectivity index is 1.63. The van der Waals surface area contributed by atoms with Crippen LogP contribution in [-0.4, -0.2) is 61.8 Å². The van der Waals surface area contributed by atoms with E-state index < -0.39 is 29.3 Å². The minimum Gasteiger partial charge on any atom is -0.396 e. The molecule has 0 amide bonds. The van der Waals surface area contributed by atoms with Gasteiger partial charge in [0.15, 0.2) is 5.78 Å². The minimum absolute atomic E-state index is 0.0467. The molecule has 0 saturated heterocycles. The largest absolute Gasteiger partial charge is 0.396 e. The van der Waals surface area contributed by atoms with Crippen LogP contribution in [0.4, 0.5) is 0 Å². The Kier molecular flexibility index (Phi) is 6.50. The van der Waals surface area contributed by atoms with Crippen LogP contribution in [0.3, 0.4) is 0 Å². The summed E-state index contributed by atoms with van der Waals surface area (Å²) >= 11 is 0. The first-order chi connectivity index (χ1) is 15.4. The van der Waals surface area contributed by atoms with Crippen LogP contribution in [0.1, 0.15) is 72.6 Å². The van der Waals surface area contributed by atoms with Gasteiger partial charge in [-0.05, 0) is 75.2 Å². The molecule has 0 bridgehead atoms. The Labute approximate surface area is 197 Å². The molecule has 4 aliphatic carbocycles. The second-order valence-electron chi connectivity index (χ2n) is 12.1. The number of aliphatic hydroxyl groups excluding tert-OH is 4. The molecule has 0 aromatic rings. The Hall–Kier alpha value is -1.05. The molecule has 6 nitrogen and oxygen atoms in total. The van der Waals surface area contributed by atoms with Crippen LogP contribution in [-0.2, 0) is 4.79 Å². The summed E-state index contributed by atoms with van der Waals surface area (Å²) in [5.41, 5.74) is 0.193. The highest BCUT2D eigenvalue weighted by molar-refractivity contribution is 5.95. The van der Waals surface area contributed by atoms with Crippen LogP contribution in [0, 0.1) is 34.5 Å². The average Bonchev–Trinajstić information content (AvgIpc) is 3.12. The number of ketones is 1. The summed E-state index contributed by atoms with van der Waals surface area (Å²) in [6.07, 6.45) is 5.56. The molecule has 33 heavy (non-hydrogen) atoms. The smallest absolute Gasteiger partial charge is 0.159 e. The van der Waals surface area contributed by atoms with E-state index in [1.807, 2.05) is 13.0 Å². The molecular formula is C27H42O6. The van der Waals surface area contributed by atoms with E-state index in [4.69, 9.17) is 0 Å². The number of carbonyl (C=O) groups excluding carboxylic acids is 1. The van der Waals surface area contributed by atoms with E-state index in [-0.39, 0.29) is 41.5 Å². The van der Waals surface area contributed by atoms with E-state index in [2.05, 4.69) is 19.9 Å². The molecule has 0 heterocycles. The number of allylic oxidation sites excluding steroid dienone is 3. The number of carbonyl (C=O) groups is 1. The molecule has 10 atom stereocenters. The average molecular weight is 463 g/mol. The molecule has 0 aromatic carbocycles. The molecule has 0 unspecified atom stereocenters. The van der Waals surface area contributed by atoms with E-state index in [1.54, 1.807) is 6.92 Å². The Morgan fingerprint density at radius 2 is 1.85 bits per heavy atom. The first-order valence-electron chi connectivity index (χ1n) is 12.7. The molecule has 4 aliphatic rings. The van der Waals surface area contributed by atoms with Gasteiger partial charge >= 0.3 is 0 Å². The lowest BCUT2D eigenvalue weighted by Crippen LogP contribution is -2.55. The third-order valence-electron chi connectivity index (χ3n) is 9.96. The van der Waals surface area contributed by atoms with Crippen LogP contribution >= 0.6 is 0 Å². The van der Waals surface area contributed by atoms with Crippen molar-refractivity contribution in [3.05, 3.63) is 23.3 Å². The molecular weight excluding hydrogens is 420 g/mol. The zero-order valence-corrected chi connectivity index (χ0v) is 20.5. The fraction of sp³-hybridized carbons (Fsp3) is 0.815. The van der Waals surface area contributed by atoms with Gasteiger partial charge in [-0.1, -0.05) is 38.0 Å². The summed E-state index contributed by atoms with van der Waals surface area (Å²) < 4.78 is 0. The van der Waals surface area contributed by atoms with Crippen molar-refractivity contribution >= 4 is 5.78 Å². The fourth-order valence-corrected chi connectivity index (χ4v) is 7.58. The zero-order valence-electron chi connectivity index (χ0n) is 20.5. The fourth-order valence-electron chi connectivity index (χ4n) is 7.58. The summed E-state index contributed by atoms with van der Waals surface area (Å²) in [4.78, 5) is 13.2. The molecule has 0 aliphatic heterocycles. The summed E-state index contributed by atoms with van der Waals surface area (Å²) in [7, 11) is 0. The normalized spacial score (nSPS) is 44.0. The molecule has 0 spiro atoms. The highest BCUT2D eigenvalue weighted by atomic mass is 16.3. The standard InChI is InChI=1S/C27H42O6/c1-15(14-28)5-8-24(32)27(4,33)18-9-10-25(2)16(18)6-7-17-19(25)11-21(29)20-12-22(30)23(31)13-26(17,20)3/h6,11,15,17-18,20,22-24,28,30-33H,5,7-10,12-14H2,1-4H3/t15-,17-,18+,20-,22+,23-,24+,25+,26-,27+/m0/s1. The van der Waals surface area contributed by atoms with Crippen LogP contribution in [0.15, 0.2) is 23.3 Å². The predicted molar refractivity (Wildman–Crippen MR) is 125 cm³/mol. The van der Waals surface area contributed by atoms with Gasteiger partial charge in [-0.25, -0.2) is 0 Å². The number of rotatable bonds is 6. The quantitative estimate of drug-likeness (QED) is 0.387. The van der Waals surface area contributed by atoms with Crippen molar-refractivity contribution in [3.8, 4) is 0 Å². The van der Waals surface area contributed by atoms with Gasteiger partial charge in [-0.3, -0.25) is 4.79 Å². The van der Waals surface area contributed by atoms with Crippen LogP contribution < -0.4 is 0 Å². The van der Waals surface area contributed by atoms with Crippen LogP contribution in [0.5, 0.6) is 0 Å². The van der Waals surface area contributed by atoms with E-state index >= 15 is 0 Å². The second kappa shape index (κ2) is 8.56. The SMILES string of the molecule is C[C@H](CO)CC[C@@H](O)[C@](C)(O)[C@@H]1CC[C@]2(C)C1=CC[C@H]1C2=CC(=O)[C@@H]2C[C@@H](O)[C@@H](O)C[C@]21C. The van der Waals surface area contributed by atoms with Crippen LogP contribution in [0.25, 0.3) is 0 Å². The summed E-state index contributed by atoms with van der Waals surface area (Å²) in [5, 5.41) is 52.3. The molecule has 0 aromatic heterocycles. The van der Waals surface area contributed by atoms with E-state index in [9.17, 15) is 30.3 Å². The molecule has 4 rings (SSSR count). The van der Waals surface area contributed by atoms with Gasteiger partial charge in [-0.2, -0.15) is 0 Å². The Bertz CT molecular complexity index is 846. The number of aliphatic hydroxyl groups is 5. The Morgan fingerprint density at radius 3 is 2.52 bits per heavy atom. The van der Waals surface area contributed by atoms with E-state index in [1.165, 1.54) is 0 Å². The monoisotopic (exact) mass is 462 g/mol. The lowest BCUT2D eigenvalue weighted by molar-refractivity contribution is -0.140. The zero-order chi connectivity index (χ0) is 24.3. The maximum atomic E-state index is 13.2. The van der Waals surface area contributed by atoms with Gasteiger partial charge < -0.3 is 25.5 Å². The third kappa shape index (κ3) is 3.86. The topological polar surface area (TPSA) is 118 Å². The van der Waals surface area contributed by atoms with Crippen molar-refractivity contribution in [1.29, 1.82) is 0 Å². The van der Waals surface area contributed by atoms with Gasteiger partial charge in [-0.15, -0.1) is 0 Å². The first-order valence-corrected chi connectivity index (χ1v) is 12.7.